The van der Waals surface area contributed by atoms with Crippen molar-refractivity contribution in [1.29, 1.82) is 0 Å². The molecule has 0 unspecified atom stereocenters. The first kappa shape index (κ1) is 14.4. The van der Waals surface area contributed by atoms with E-state index in [0.29, 0.717) is 11.3 Å². The molecule has 1 amide bonds. The van der Waals surface area contributed by atoms with Crippen molar-refractivity contribution >= 4 is 6.41 Å². The molecule has 1 atom stereocenters. The highest BCUT2D eigenvalue weighted by molar-refractivity contribution is 5.47. The van der Waals surface area contributed by atoms with Gasteiger partial charge >= 0.3 is 0 Å². The molecule has 0 aromatic carbocycles. The van der Waals surface area contributed by atoms with Gasteiger partial charge in [0.15, 0.2) is 0 Å². The van der Waals surface area contributed by atoms with E-state index in [1.807, 2.05) is 4.90 Å². The first-order chi connectivity index (χ1) is 8.95. The van der Waals surface area contributed by atoms with Crippen LogP contribution in [0.3, 0.4) is 0 Å². The van der Waals surface area contributed by atoms with Gasteiger partial charge in [-0.1, -0.05) is 13.8 Å². The molecule has 0 spiro atoms. The Morgan fingerprint density at radius 2 is 2.05 bits per heavy atom. The largest absolute Gasteiger partial charge is 0.344 e. The summed E-state index contributed by atoms with van der Waals surface area (Å²) in [5, 5.41) is 0. The highest BCUT2D eigenvalue weighted by Crippen LogP contribution is 2.57. The molecule has 1 saturated heterocycles. The Kier molecular flexibility index (Phi) is 4.17. The monoisotopic (exact) mass is 262 g/mol. The maximum Gasteiger partial charge on any atom is 0.209 e. The second-order valence-corrected chi connectivity index (χ2v) is 6.61. The van der Waals surface area contributed by atoms with Gasteiger partial charge in [0.05, 0.1) is 0 Å². The Morgan fingerprint density at radius 3 is 2.68 bits per heavy atom. The normalized spacial score (nSPS) is 26.6. The van der Waals surface area contributed by atoms with Crippen molar-refractivity contribution in [3.63, 3.8) is 0 Å². The number of carbonyl (C=O) groups excluding carboxylic acids is 1. The molecule has 0 N–H and O–H groups in total. The van der Waals surface area contributed by atoms with Crippen molar-refractivity contribution in [2.75, 3.05) is 32.7 Å². The zero-order valence-electron chi connectivity index (χ0n) is 12.7. The van der Waals surface area contributed by atoms with Crippen LogP contribution in [0.25, 0.3) is 0 Å². The van der Waals surface area contributed by atoms with Crippen LogP contribution in [-0.4, -0.2) is 48.9 Å². The van der Waals surface area contributed by atoms with Gasteiger partial charge < -0.3 is 9.80 Å². The lowest BCUT2D eigenvalue weighted by Gasteiger charge is -2.20. The molecular formula is C16H26N2O. The van der Waals surface area contributed by atoms with Crippen LogP contribution >= 0.6 is 0 Å². The lowest BCUT2D eigenvalue weighted by molar-refractivity contribution is -0.118. The molecule has 2 rings (SSSR count). The Bertz CT molecular complexity index is 414. The summed E-state index contributed by atoms with van der Waals surface area (Å²) in [6.45, 7) is 13.9. The summed E-state index contributed by atoms with van der Waals surface area (Å²) in [5.74, 6) is 0.644. The molecule has 0 radical (unpaired) electrons. The van der Waals surface area contributed by atoms with Crippen LogP contribution in [0.4, 0.5) is 0 Å². The van der Waals surface area contributed by atoms with E-state index >= 15 is 0 Å². The van der Waals surface area contributed by atoms with E-state index in [1.54, 1.807) is 0 Å². The Balaban J connectivity index is 1.96. The van der Waals surface area contributed by atoms with E-state index in [1.165, 1.54) is 11.1 Å². The highest BCUT2D eigenvalue weighted by Gasteiger charge is 2.52. The second kappa shape index (κ2) is 5.52. The summed E-state index contributed by atoms with van der Waals surface area (Å²) in [6.07, 6.45) is 2.08. The fraction of sp³-hybridized carbons (Fsp3) is 0.750. The summed E-state index contributed by atoms with van der Waals surface area (Å²) in [4.78, 5) is 15.2. The van der Waals surface area contributed by atoms with Gasteiger partial charge in [-0.15, -0.1) is 5.73 Å². The highest BCUT2D eigenvalue weighted by atomic mass is 16.1. The summed E-state index contributed by atoms with van der Waals surface area (Å²) in [7, 11) is 0. The molecule has 3 heteroatoms. The SMILES string of the molecule is CC(C)=C=C1[C@@H](CN2CCCN(C=O)CC2)C1(C)C. The van der Waals surface area contributed by atoms with Crippen molar-refractivity contribution in [2.45, 2.75) is 34.1 Å². The first-order valence-corrected chi connectivity index (χ1v) is 7.31. The lowest BCUT2D eigenvalue weighted by atomic mass is 10.1. The number of hydrogen-bond acceptors (Lipinski definition) is 2. The minimum absolute atomic E-state index is 0.313. The van der Waals surface area contributed by atoms with E-state index in [9.17, 15) is 4.79 Å². The minimum Gasteiger partial charge on any atom is -0.344 e. The van der Waals surface area contributed by atoms with Gasteiger partial charge in [0, 0.05) is 37.5 Å². The summed E-state index contributed by atoms with van der Waals surface area (Å²) >= 11 is 0. The number of nitrogens with zero attached hydrogens (tertiary/aromatic N) is 2. The molecule has 1 aliphatic heterocycles. The average molecular weight is 262 g/mol. The summed E-state index contributed by atoms with van der Waals surface area (Å²) in [5.41, 5.74) is 6.58. The third-order valence-corrected chi connectivity index (χ3v) is 4.43. The fourth-order valence-electron chi connectivity index (χ4n) is 3.01. The molecule has 106 valence electrons. The van der Waals surface area contributed by atoms with Crippen molar-refractivity contribution in [3.8, 4) is 0 Å². The first-order valence-electron chi connectivity index (χ1n) is 7.31. The third kappa shape index (κ3) is 3.29. The lowest BCUT2D eigenvalue weighted by Crippen LogP contribution is -2.32. The molecule has 1 aliphatic carbocycles. The topological polar surface area (TPSA) is 23.6 Å². The van der Waals surface area contributed by atoms with Crippen LogP contribution in [0.5, 0.6) is 0 Å². The minimum atomic E-state index is 0.313. The van der Waals surface area contributed by atoms with E-state index in [-0.39, 0.29) is 0 Å². The van der Waals surface area contributed by atoms with E-state index in [0.717, 1.165) is 45.6 Å². The van der Waals surface area contributed by atoms with Gasteiger partial charge in [-0.05, 0) is 38.0 Å². The molecule has 1 saturated carbocycles. The van der Waals surface area contributed by atoms with Crippen molar-refractivity contribution in [3.05, 3.63) is 16.9 Å². The molecule has 2 fully saturated rings. The maximum absolute atomic E-state index is 10.8. The molecular weight excluding hydrogens is 236 g/mol. The van der Waals surface area contributed by atoms with Crippen LogP contribution in [0, 0.1) is 11.3 Å². The molecule has 0 aromatic heterocycles. The van der Waals surface area contributed by atoms with Crippen LogP contribution < -0.4 is 0 Å². The molecule has 2 aliphatic rings. The Hall–Kier alpha value is -1.05. The number of rotatable bonds is 3. The van der Waals surface area contributed by atoms with Crippen molar-refractivity contribution < 1.29 is 4.79 Å². The maximum atomic E-state index is 10.8. The average Bonchev–Trinajstić information content (AvgIpc) is 2.93. The number of carbonyl (C=O) groups is 1. The van der Waals surface area contributed by atoms with E-state index in [2.05, 4.69) is 38.3 Å². The predicted octanol–water partition coefficient (Wildman–Crippen LogP) is 2.30. The molecule has 0 bridgehead atoms. The van der Waals surface area contributed by atoms with Gasteiger partial charge in [0.25, 0.3) is 0 Å². The summed E-state index contributed by atoms with van der Waals surface area (Å²) < 4.78 is 0. The summed E-state index contributed by atoms with van der Waals surface area (Å²) in [6, 6.07) is 0. The van der Waals surface area contributed by atoms with Crippen molar-refractivity contribution in [2.24, 2.45) is 11.3 Å². The van der Waals surface area contributed by atoms with Gasteiger partial charge in [-0.25, -0.2) is 0 Å². The molecule has 3 nitrogen and oxygen atoms in total. The van der Waals surface area contributed by atoms with Crippen LogP contribution in [0.1, 0.15) is 34.1 Å². The van der Waals surface area contributed by atoms with Crippen LogP contribution in [-0.2, 0) is 4.79 Å². The van der Waals surface area contributed by atoms with Gasteiger partial charge in [0.1, 0.15) is 0 Å². The van der Waals surface area contributed by atoms with Gasteiger partial charge in [-0.2, -0.15) is 0 Å². The van der Waals surface area contributed by atoms with Crippen LogP contribution in [0.2, 0.25) is 0 Å². The molecule has 1 heterocycles. The Labute approximate surface area is 117 Å². The number of amides is 1. The van der Waals surface area contributed by atoms with Crippen molar-refractivity contribution in [1.82, 2.24) is 9.80 Å². The van der Waals surface area contributed by atoms with Gasteiger partial charge in [0.2, 0.25) is 6.41 Å². The molecule has 19 heavy (non-hydrogen) atoms. The smallest absolute Gasteiger partial charge is 0.209 e. The van der Waals surface area contributed by atoms with E-state index < -0.39 is 0 Å². The third-order valence-electron chi connectivity index (χ3n) is 4.43. The quantitative estimate of drug-likeness (QED) is 0.575. The fourth-order valence-corrected chi connectivity index (χ4v) is 3.01. The Morgan fingerprint density at radius 1 is 1.32 bits per heavy atom. The van der Waals surface area contributed by atoms with Gasteiger partial charge in [-0.3, -0.25) is 4.79 Å². The van der Waals surface area contributed by atoms with Crippen LogP contribution in [0.15, 0.2) is 16.9 Å². The molecule has 0 aromatic rings. The zero-order chi connectivity index (χ0) is 14.0. The number of hydrogen-bond donors (Lipinski definition) is 0. The standard InChI is InChI=1S/C16H26N2O/c1-13(2)10-14-15(16(14,3)4)11-17-6-5-7-18(12-19)9-8-17/h12,15H,5-9,11H2,1-4H3/t15-/m1/s1. The second-order valence-electron chi connectivity index (χ2n) is 6.61. The van der Waals surface area contributed by atoms with E-state index in [4.69, 9.17) is 0 Å². The zero-order valence-corrected chi connectivity index (χ0v) is 12.7. The predicted molar refractivity (Wildman–Crippen MR) is 77.9 cm³/mol.